The lowest BCUT2D eigenvalue weighted by atomic mass is 9.81. The van der Waals surface area contributed by atoms with Crippen molar-refractivity contribution in [2.45, 2.75) is 50.5 Å². The first-order chi connectivity index (χ1) is 15.0. The molecule has 1 unspecified atom stereocenters. The number of carboxylic acid groups (broad SMARTS) is 1. The summed E-state index contributed by atoms with van der Waals surface area (Å²) in [4.78, 5) is 39.4. The number of carbonyl (C=O) groups excluding carboxylic acids is 2. The van der Waals surface area contributed by atoms with Crippen LogP contribution in [0.3, 0.4) is 0 Å². The van der Waals surface area contributed by atoms with Gasteiger partial charge in [0.1, 0.15) is 11.3 Å². The summed E-state index contributed by atoms with van der Waals surface area (Å²) in [5, 5.41) is 10.1. The van der Waals surface area contributed by atoms with Gasteiger partial charge in [0.2, 0.25) is 5.78 Å². The Kier molecular flexibility index (Phi) is 7.45. The highest BCUT2D eigenvalue weighted by atomic mass is 16.5. The molecule has 1 N–H and O–H groups in total. The average molecular weight is 424 g/mol. The highest BCUT2D eigenvalue weighted by Gasteiger charge is 2.48. The van der Waals surface area contributed by atoms with E-state index < -0.39 is 23.2 Å². The molecule has 0 saturated carbocycles. The van der Waals surface area contributed by atoms with Crippen molar-refractivity contribution < 1.29 is 24.2 Å². The lowest BCUT2D eigenvalue weighted by Gasteiger charge is -2.44. The number of likely N-dealkylation sites (tertiary alicyclic amines) is 1. The molecule has 1 aliphatic rings. The summed E-state index contributed by atoms with van der Waals surface area (Å²) in [7, 11) is 1.63. The molecule has 6 nitrogen and oxygen atoms in total. The van der Waals surface area contributed by atoms with Crippen LogP contribution in [0.25, 0.3) is 0 Å². The number of hydrogen-bond donors (Lipinski definition) is 1. The summed E-state index contributed by atoms with van der Waals surface area (Å²) < 4.78 is 5.17. The van der Waals surface area contributed by atoms with Crippen molar-refractivity contribution in [2.24, 2.45) is 0 Å². The van der Waals surface area contributed by atoms with Gasteiger partial charge in [-0.15, -0.1) is 0 Å². The summed E-state index contributed by atoms with van der Waals surface area (Å²) in [6.45, 7) is 0.294. The van der Waals surface area contributed by atoms with Gasteiger partial charge in [-0.1, -0.05) is 48.9 Å². The zero-order chi connectivity index (χ0) is 22.3. The van der Waals surface area contributed by atoms with Crippen molar-refractivity contribution in [3.05, 3.63) is 65.7 Å². The number of carboxylic acids is 1. The van der Waals surface area contributed by atoms with E-state index in [2.05, 4.69) is 0 Å². The molecule has 1 atom stereocenters. The third-order valence-corrected chi connectivity index (χ3v) is 6.08. The number of rotatable bonds is 9. The molecule has 2 aromatic rings. The first kappa shape index (κ1) is 22.5. The highest BCUT2D eigenvalue weighted by molar-refractivity contribution is 6.43. The fourth-order valence-electron chi connectivity index (χ4n) is 4.30. The SMILES string of the molecule is COc1ccc(CCCCC2(C(=O)O)CCCCN2C(=O)C(=O)c2ccccc2)cc1. The maximum Gasteiger partial charge on any atom is 0.329 e. The van der Waals surface area contributed by atoms with Crippen molar-refractivity contribution in [2.75, 3.05) is 13.7 Å². The predicted molar refractivity (Wildman–Crippen MR) is 117 cm³/mol. The molecule has 0 bridgehead atoms. The second-order valence-corrected chi connectivity index (χ2v) is 8.00. The molecule has 31 heavy (non-hydrogen) atoms. The zero-order valence-corrected chi connectivity index (χ0v) is 17.9. The number of aryl methyl sites for hydroxylation is 1. The number of aliphatic carboxylic acids is 1. The second-order valence-electron chi connectivity index (χ2n) is 8.00. The number of Topliss-reactive ketones (excluding diaryl/α,β-unsaturated/α-hetero) is 1. The van der Waals surface area contributed by atoms with Gasteiger partial charge in [-0.2, -0.15) is 0 Å². The van der Waals surface area contributed by atoms with Gasteiger partial charge >= 0.3 is 5.97 Å². The molecular weight excluding hydrogens is 394 g/mol. The van der Waals surface area contributed by atoms with E-state index in [1.54, 1.807) is 37.4 Å². The molecule has 1 fully saturated rings. The first-order valence-electron chi connectivity index (χ1n) is 10.8. The fraction of sp³-hybridized carbons (Fsp3) is 0.400. The molecule has 3 rings (SSSR count). The van der Waals surface area contributed by atoms with Gasteiger partial charge in [-0.25, -0.2) is 4.79 Å². The van der Waals surface area contributed by atoms with Crippen LogP contribution in [0, 0.1) is 0 Å². The number of nitrogens with zero attached hydrogens (tertiary/aromatic N) is 1. The molecule has 0 aromatic heterocycles. The van der Waals surface area contributed by atoms with Crippen molar-refractivity contribution in [3.63, 3.8) is 0 Å². The Hall–Kier alpha value is -3.15. The molecule has 1 amide bonds. The van der Waals surface area contributed by atoms with Gasteiger partial charge in [0, 0.05) is 12.1 Å². The standard InChI is InChI=1S/C25H29NO5/c1-31-21-14-12-19(13-15-21)9-5-6-16-25(24(29)30)17-7-8-18-26(25)23(28)22(27)20-10-3-2-4-11-20/h2-4,10-15H,5-9,16-18H2,1H3,(H,29,30). The zero-order valence-electron chi connectivity index (χ0n) is 17.9. The number of ether oxygens (including phenoxy) is 1. The van der Waals surface area contributed by atoms with E-state index in [4.69, 9.17) is 4.74 Å². The minimum absolute atomic E-state index is 0.289. The molecule has 0 spiro atoms. The largest absolute Gasteiger partial charge is 0.497 e. The van der Waals surface area contributed by atoms with E-state index in [-0.39, 0.29) is 5.56 Å². The van der Waals surface area contributed by atoms with Gasteiger partial charge in [-0.05, 0) is 56.2 Å². The van der Waals surface area contributed by atoms with E-state index in [0.29, 0.717) is 32.2 Å². The number of hydrogen-bond acceptors (Lipinski definition) is 4. The number of methoxy groups -OCH3 is 1. The molecule has 0 aliphatic carbocycles. The normalized spacial score (nSPS) is 18.4. The molecular formula is C25H29NO5. The van der Waals surface area contributed by atoms with Gasteiger partial charge in [0.15, 0.2) is 0 Å². The molecule has 1 aliphatic heterocycles. The Bertz CT molecular complexity index is 909. The molecule has 164 valence electrons. The predicted octanol–water partition coefficient (Wildman–Crippen LogP) is 4.13. The smallest absolute Gasteiger partial charge is 0.329 e. The van der Waals surface area contributed by atoms with Crippen LogP contribution in [0.15, 0.2) is 54.6 Å². The number of ketones is 1. The number of carbonyl (C=O) groups is 3. The molecule has 0 radical (unpaired) electrons. The molecule has 1 saturated heterocycles. The Morgan fingerprint density at radius 1 is 1.00 bits per heavy atom. The number of amides is 1. The van der Waals surface area contributed by atoms with Crippen LogP contribution in [0.5, 0.6) is 5.75 Å². The van der Waals surface area contributed by atoms with Crippen LogP contribution in [-0.2, 0) is 16.0 Å². The van der Waals surface area contributed by atoms with E-state index in [1.807, 2.05) is 24.3 Å². The van der Waals surface area contributed by atoms with E-state index in [0.717, 1.165) is 30.6 Å². The Balaban J connectivity index is 1.69. The maximum absolute atomic E-state index is 13.0. The van der Waals surface area contributed by atoms with Gasteiger partial charge in [0.05, 0.1) is 7.11 Å². The summed E-state index contributed by atoms with van der Waals surface area (Å²) in [5.41, 5.74) is 0.123. The fourth-order valence-corrected chi connectivity index (χ4v) is 4.30. The molecule has 1 heterocycles. The number of benzene rings is 2. The lowest BCUT2D eigenvalue weighted by molar-refractivity contribution is -0.161. The monoisotopic (exact) mass is 423 g/mol. The Labute approximate surface area is 182 Å². The third kappa shape index (κ3) is 5.13. The van der Waals surface area contributed by atoms with Crippen LogP contribution in [0.1, 0.15) is 54.4 Å². The third-order valence-electron chi connectivity index (χ3n) is 6.08. The van der Waals surface area contributed by atoms with Gasteiger partial charge in [0.25, 0.3) is 5.91 Å². The second kappa shape index (κ2) is 10.2. The van der Waals surface area contributed by atoms with Gasteiger partial charge in [-0.3, -0.25) is 9.59 Å². The van der Waals surface area contributed by atoms with Crippen LogP contribution in [0.2, 0.25) is 0 Å². The van der Waals surface area contributed by atoms with Crippen LogP contribution >= 0.6 is 0 Å². The van der Waals surface area contributed by atoms with Gasteiger partial charge < -0.3 is 14.7 Å². The Morgan fingerprint density at radius 2 is 1.71 bits per heavy atom. The van der Waals surface area contributed by atoms with E-state index in [9.17, 15) is 19.5 Å². The summed E-state index contributed by atoms with van der Waals surface area (Å²) in [5.74, 6) is -1.59. The van der Waals surface area contributed by atoms with Crippen molar-refractivity contribution in [1.29, 1.82) is 0 Å². The average Bonchev–Trinajstić information content (AvgIpc) is 2.82. The van der Waals surface area contributed by atoms with E-state index >= 15 is 0 Å². The highest BCUT2D eigenvalue weighted by Crippen LogP contribution is 2.34. The first-order valence-corrected chi connectivity index (χ1v) is 10.8. The van der Waals surface area contributed by atoms with Crippen LogP contribution in [0.4, 0.5) is 0 Å². The quantitative estimate of drug-likeness (QED) is 0.372. The van der Waals surface area contributed by atoms with Crippen molar-refractivity contribution in [1.82, 2.24) is 4.90 Å². The van der Waals surface area contributed by atoms with Crippen LogP contribution < -0.4 is 4.74 Å². The topological polar surface area (TPSA) is 83.9 Å². The van der Waals surface area contributed by atoms with Crippen LogP contribution in [-0.4, -0.2) is 46.9 Å². The minimum Gasteiger partial charge on any atom is -0.497 e. The van der Waals surface area contributed by atoms with Crippen molar-refractivity contribution in [3.8, 4) is 5.75 Å². The molecule has 2 aromatic carbocycles. The van der Waals surface area contributed by atoms with E-state index in [1.165, 1.54) is 4.90 Å². The lowest BCUT2D eigenvalue weighted by Crippen LogP contribution is -2.60. The summed E-state index contributed by atoms with van der Waals surface area (Å²) in [6, 6.07) is 16.1. The number of piperidine rings is 1. The summed E-state index contributed by atoms with van der Waals surface area (Å²) in [6.07, 6.45) is 4.42. The van der Waals surface area contributed by atoms with Crippen molar-refractivity contribution >= 4 is 17.7 Å². The number of unbranched alkanes of at least 4 members (excludes halogenated alkanes) is 1. The Morgan fingerprint density at radius 3 is 2.35 bits per heavy atom. The molecule has 6 heteroatoms. The summed E-state index contributed by atoms with van der Waals surface area (Å²) >= 11 is 0. The maximum atomic E-state index is 13.0. The minimum atomic E-state index is -1.32.